The van der Waals surface area contributed by atoms with Crippen molar-refractivity contribution in [1.82, 2.24) is 4.90 Å². The SMILES string of the molecule is COc1ccc(NC(=O)[C@H](Cc2ccccc2)N2Cc3ccccc3C2=O)c(OC)c1. The molecule has 6 nitrogen and oxygen atoms in total. The van der Waals surface area contributed by atoms with Crippen LogP contribution in [0.3, 0.4) is 0 Å². The molecule has 0 fully saturated rings. The van der Waals surface area contributed by atoms with Crippen LogP contribution in [0.15, 0.2) is 72.8 Å². The Morgan fingerprint density at radius 3 is 2.45 bits per heavy atom. The van der Waals surface area contributed by atoms with Crippen LogP contribution in [-0.4, -0.2) is 37.0 Å². The molecule has 1 heterocycles. The second-order valence-electron chi connectivity index (χ2n) is 7.35. The molecule has 0 saturated heterocycles. The van der Waals surface area contributed by atoms with E-state index in [-0.39, 0.29) is 11.8 Å². The molecule has 0 radical (unpaired) electrons. The van der Waals surface area contributed by atoms with Crippen molar-refractivity contribution in [2.24, 2.45) is 0 Å². The molecule has 0 bridgehead atoms. The third-order valence-electron chi connectivity index (χ3n) is 5.47. The van der Waals surface area contributed by atoms with E-state index < -0.39 is 6.04 Å². The lowest BCUT2D eigenvalue weighted by atomic mass is 10.0. The van der Waals surface area contributed by atoms with Crippen LogP contribution < -0.4 is 14.8 Å². The fourth-order valence-electron chi connectivity index (χ4n) is 3.83. The summed E-state index contributed by atoms with van der Waals surface area (Å²) in [5.74, 6) is 0.713. The summed E-state index contributed by atoms with van der Waals surface area (Å²) in [7, 11) is 3.10. The van der Waals surface area contributed by atoms with Crippen LogP contribution in [0.4, 0.5) is 5.69 Å². The van der Waals surface area contributed by atoms with E-state index in [2.05, 4.69) is 5.32 Å². The highest BCUT2D eigenvalue weighted by Crippen LogP contribution is 2.31. The number of carbonyl (C=O) groups is 2. The average molecular weight is 416 g/mol. The highest BCUT2D eigenvalue weighted by Gasteiger charge is 2.36. The third kappa shape index (κ3) is 4.23. The number of benzene rings is 3. The van der Waals surface area contributed by atoms with E-state index in [9.17, 15) is 9.59 Å². The Kier molecular flexibility index (Phi) is 5.89. The lowest BCUT2D eigenvalue weighted by Crippen LogP contribution is -2.45. The van der Waals surface area contributed by atoms with E-state index in [0.29, 0.717) is 35.7 Å². The van der Waals surface area contributed by atoms with Gasteiger partial charge in [-0.3, -0.25) is 9.59 Å². The Bertz CT molecular complexity index is 1100. The van der Waals surface area contributed by atoms with E-state index in [1.54, 1.807) is 30.2 Å². The number of rotatable bonds is 7. The van der Waals surface area contributed by atoms with Gasteiger partial charge in [-0.15, -0.1) is 0 Å². The molecule has 4 rings (SSSR count). The lowest BCUT2D eigenvalue weighted by Gasteiger charge is -2.27. The van der Waals surface area contributed by atoms with Crippen molar-refractivity contribution in [3.63, 3.8) is 0 Å². The Morgan fingerprint density at radius 2 is 1.74 bits per heavy atom. The quantitative estimate of drug-likeness (QED) is 0.634. The second kappa shape index (κ2) is 8.92. The number of amides is 2. The predicted octanol–water partition coefficient (Wildman–Crippen LogP) is 3.91. The van der Waals surface area contributed by atoms with E-state index in [1.807, 2.05) is 54.6 Å². The summed E-state index contributed by atoms with van der Waals surface area (Å²) in [6.45, 7) is 0.402. The Balaban J connectivity index is 1.63. The topological polar surface area (TPSA) is 67.9 Å². The van der Waals surface area contributed by atoms with Gasteiger partial charge in [0.05, 0.1) is 19.9 Å². The average Bonchev–Trinajstić information content (AvgIpc) is 3.14. The molecule has 0 saturated carbocycles. The third-order valence-corrected chi connectivity index (χ3v) is 5.47. The number of anilines is 1. The standard InChI is InChI=1S/C25H24N2O4/c1-30-19-12-13-21(23(15-19)31-2)26-24(28)22(14-17-8-4-3-5-9-17)27-16-18-10-6-7-11-20(18)25(27)29/h3-13,15,22H,14,16H2,1-2H3,(H,26,28)/t22-/m0/s1. The van der Waals surface area contributed by atoms with Crippen LogP contribution in [0.25, 0.3) is 0 Å². The van der Waals surface area contributed by atoms with Gasteiger partial charge in [-0.05, 0) is 29.3 Å². The van der Waals surface area contributed by atoms with Crippen LogP contribution in [0.5, 0.6) is 11.5 Å². The Hall–Kier alpha value is -3.80. The van der Waals surface area contributed by atoms with Gasteiger partial charge in [0.1, 0.15) is 17.5 Å². The molecule has 6 heteroatoms. The first kappa shape index (κ1) is 20.5. The summed E-state index contributed by atoms with van der Waals surface area (Å²) in [4.78, 5) is 28.2. The van der Waals surface area contributed by atoms with Gasteiger partial charge in [0.25, 0.3) is 5.91 Å². The number of ether oxygens (including phenoxy) is 2. The first-order chi connectivity index (χ1) is 15.1. The van der Waals surface area contributed by atoms with Crippen molar-refractivity contribution in [1.29, 1.82) is 0 Å². The molecule has 1 aliphatic rings. The maximum absolute atomic E-state index is 13.4. The number of nitrogens with one attached hydrogen (secondary N) is 1. The van der Waals surface area contributed by atoms with E-state index in [1.165, 1.54) is 7.11 Å². The zero-order valence-corrected chi connectivity index (χ0v) is 17.5. The lowest BCUT2D eigenvalue weighted by molar-refractivity contribution is -0.120. The van der Waals surface area contributed by atoms with Crippen molar-refractivity contribution < 1.29 is 19.1 Å². The number of methoxy groups -OCH3 is 2. The summed E-state index contributed by atoms with van der Waals surface area (Å²) in [5, 5.41) is 2.94. The molecule has 0 unspecified atom stereocenters. The van der Waals surface area contributed by atoms with Gasteiger partial charge in [0.2, 0.25) is 5.91 Å². The van der Waals surface area contributed by atoms with Crippen molar-refractivity contribution in [2.75, 3.05) is 19.5 Å². The van der Waals surface area contributed by atoms with Crippen LogP contribution >= 0.6 is 0 Å². The van der Waals surface area contributed by atoms with Gasteiger partial charge >= 0.3 is 0 Å². The number of carbonyl (C=O) groups excluding carboxylic acids is 2. The molecule has 31 heavy (non-hydrogen) atoms. The summed E-state index contributed by atoms with van der Waals surface area (Å²) < 4.78 is 10.6. The minimum Gasteiger partial charge on any atom is -0.497 e. The predicted molar refractivity (Wildman–Crippen MR) is 118 cm³/mol. The van der Waals surface area contributed by atoms with Gasteiger partial charge in [0.15, 0.2) is 0 Å². The van der Waals surface area contributed by atoms with Gasteiger partial charge in [0, 0.05) is 24.6 Å². The zero-order valence-electron chi connectivity index (χ0n) is 17.5. The minimum absolute atomic E-state index is 0.131. The van der Waals surface area contributed by atoms with E-state index in [0.717, 1.165) is 11.1 Å². The van der Waals surface area contributed by atoms with Crippen LogP contribution in [0.1, 0.15) is 21.5 Å². The molecule has 0 aliphatic carbocycles. The van der Waals surface area contributed by atoms with Crippen molar-refractivity contribution in [3.05, 3.63) is 89.5 Å². The fraction of sp³-hybridized carbons (Fsp3) is 0.200. The molecule has 1 aliphatic heterocycles. The van der Waals surface area contributed by atoms with Gasteiger partial charge in [-0.1, -0.05) is 48.5 Å². The number of hydrogen-bond acceptors (Lipinski definition) is 4. The van der Waals surface area contributed by atoms with E-state index >= 15 is 0 Å². The molecule has 0 spiro atoms. The highest BCUT2D eigenvalue weighted by atomic mass is 16.5. The summed E-state index contributed by atoms with van der Waals surface area (Å²) in [5.41, 5.74) is 3.08. The number of fused-ring (bicyclic) bond motifs is 1. The summed E-state index contributed by atoms with van der Waals surface area (Å²) >= 11 is 0. The van der Waals surface area contributed by atoms with Crippen LogP contribution in [0.2, 0.25) is 0 Å². The largest absolute Gasteiger partial charge is 0.497 e. The first-order valence-corrected chi connectivity index (χ1v) is 10.1. The molecule has 0 aromatic heterocycles. The minimum atomic E-state index is -0.672. The number of nitrogens with zero attached hydrogens (tertiary/aromatic N) is 1. The van der Waals surface area contributed by atoms with Crippen LogP contribution in [0, 0.1) is 0 Å². The maximum atomic E-state index is 13.4. The molecular weight excluding hydrogens is 392 g/mol. The maximum Gasteiger partial charge on any atom is 0.255 e. The van der Waals surface area contributed by atoms with Crippen molar-refractivity contribution >= 4 is 17.5 Å². The number of hydrogen-bond donors (Lipinski definition) is 1. The normalized spacial score (nSPS) is 13.5. The molecule has 3 aromatic rings. The molecular formula is C25H24N2O4. The summed E-state index contributed by atoms with van der Waals surface area (Å²) in [6.07, 6.45) is 0.408. The Morgan fingerprint density at radius 1 is 1.00 bits per heavy atom. The molecule has 1 atom stereocenters. The van der Waals surface area contributed by atoms with Gasteiger partial charge in [-0.25, -0.2) is 0 Å². The molecule has 2 amide bonds. The van der Waals surface area contributed by atoms with Gasteiger partial charge < -0.3 is 19.7 Å². The van der Waals surface area contributed by atoms with E-state index in [4.69, 9.17) is 9.47 Å². The van der Waals surface area contributed by atoms with Gasteiger partial charge in [-0.2, -0.15) is 0 Å². The monoisotopic (exact) mass is 416 g/mol. The molecule has 158 valence electrons. The zero-order chi connectivity index (χ0) is 21.8. The van der Waals surface area contributed by atoms with Crippen molar-refractivity contribution in [3.8, 4) is 11.5 Å². The smallest absolute Gasteiger partial charge is 0.255 e. The second-order valence-corrected chi connectivity index (χ2v) is 7.35. The Labute approximate surface area is 181 Å². The first-order valence-electron chi connectivity index (χ1n) is 10.1. The highest BCUT2D eigenvalue weighted by molar-refractivity contribution is 6.04. The van der Waals surface area contributed by atoms with Crippen molar-refractivity contribution in [2.45, 2.75) is 19.0 Å². The molecule has 1 N–H and O–H groups in total. The van der Waals surface area contributed by atoms with Crippen LogP contribution in [-0.2, 0) is 17.8 Å². The fourth-order valence-corrected chi connectivity index (χ4v) is 3.83. The molecule has 3 aromatic carbocycles. The summed E-state index contributed by atoms with van der Waals surface area (Å²) in [6, 6.07) is 21.7.